The van der Waals surface area contributed by atoms with E-state index in [1.165, 1.54) is 6.07 Å². The quantitative estimate of drug-likeness (QED) is 0.817. The molecule has 0 radical (unpaired) electrons. The van der Waals surface area contributed by atoms with Crippen molar-refractivity contribution in [3.05, 3.63) is 21.5 Å². The highest BCUT2D eigenvalue weighted by molar-refractivity contribution is 14.1. The third kappa shape index (κ3) is 2.90. The number of rotatable bonds is 4. The van der Waals surface area contributed by atoms with Crippen LogP contribution < -0.4 is 5.73 Å². The molecule has 2 N–H and O–H groups in total. The number of fused-ring (bicyclic) bond motifs is 1. The number of benzene rings is 1. The first-order chi connectivity index (χ1) is 9.31. The molecule has 1 heterocycles. The van der Waals surface area contributed by atoms with Crippen LogP contribution in [0, 0.1) is 15.3 Å². The summed E-state index contributed by atoms with van der Waals surface area (Å²) in [7, 11) is 4.04. The van der Waals surface area contributed by atoms with Gasteiger partial charge in [0.15, 0.2) is 0 Å². The van der Waals surface area contributed by atoms with Gasteiger partial charge < -0.3 is 15.2 Å². The summed E-state index contributed by atoms with van der Waals surface area (Å²) in [6.45, 7) is 5.12. The van der Waals surface area contributed by atoms with E-state index in [0.717, 1.165) is 17.6 Å². The Bertz CT molecular complexity index is 621. The zero-order valence-corrected chi connectivity index (χ0v) is 14.3. The Hall–Kier alpha value is -0.890. The molecule has 2 rings (SSSR count). The third-order valence-electron chi connectivity index (χ3n) is 3.41. The highest BCUT2D eigenvalue weighted by atomic mass is 127. The minimum atomic E-state index is -0.230. The van der Waals surface area contributed by atoms with E-state index in [1.54, 1.807) is 6.07 Å². The molecule has 0 saturated carbocycles. The van der Waals surface area contributed by atoms with Crippen LogP contribution >= 0.6 is 22.6 Å². The highest BCUT2D eigenvalue weighted by Gasteiger charge is 2.22. The monoisotopic (exact) mass is 390 g/mol. The van der Waals surface area contributed by atoms with Gasteiger partial charge in [-0.25, -0.2) is 9.37 Å². The van der Waals surface area contributed by atoms with Crippen molar-refractivity contribution >= 4 is 39.6 Å². The Morgan fingerprint density at radius 1 is 1.40 bits per heavy atom. The molecule has 0 fully saturated rings. The van der Waals surface area contributed by atoms with Crippen LogP contribution in [0.2, 0.25) is 0 Å². The van der Waals surface area contributed by atoms with E-state index in [9.17, 15) is 4.39 Å². The zero-order valence-electron chi connectivity index (χ0n) is 12.2. The minimum Gasteiger partial charge on any atom is -0.369 e. The fourth-order valence-corrected chi connectivity index (χ4v) is 2.87. The number of halogens is 2. The van der Waals surface area contributed by atoms with E-state index in [4.69, 9.17) is 5.73 Å². The van der Waals surface area contributed by atoms with Crippen molar-refractivity contribution in [2.75, 3.05) is 26.4 Å². The van der Waals surface area contributed by atoms with E-state index >= 15 is 0 Å². The molecule has 1 aromatic carbocycles. The molecular weight excluding hydrogens is 370 g/mol. The van der Waals surface area contributed by atoms with E-state index in [0.29, 0.717) is 15.4 Å². The summed E-state index contributed by atoms with van der Waals surface area (Å²) in [6, 6.07) is 3.44. The second-order valence-electron chi connectivity index (χ2n) is 5.67. The molecule has 0 aliphatic rings. The summed E-state index contributed by atoms with van der Waals surface area (Å²) in [5.41, 5.74) is 7.59. The molecule has 20 heavy (non-hydrogen) atoms. The molecule has 6 heteroatoms. The van der Waals surface area contributed by atoms with E-state index in [-0.39, 0.29) is 11.9 Å². The number of anilines is 1. The fourth-order valence-electron chi connectivity index (χ4n) is 2.42. The number of hydrogen-bond acceptors (Lipinski definition) is 3. The number of likely N-dealkylation sites (N-methyl/N-ethyl adjacent to an activating group) is 1. The van der Waals surface area contributed by atoms with Gasteiger partial charge in [0.1, 0.15) is 5.82 Å². The Labute approximate surface area is 132 Å². The molecule has 0 aliphatic carbocycles. The standard InChI is InChI=1S/C14H20FIN4/c1-8(2)13(7-19(3)4)20-12-5-9(15)10(16)6-11(12)18-14(20)17/h5-6,8,13H,7H2,1-4H3,(H2,17,18). The van der Waals surface area contributed by atoms with Gasteiger partial charge >= 0.3 is 0 Å². The molecule has 1 aromatic heterocycles. The Morgan fingerprint density at radius 2 is 2.05 bits per heavy atom. The van der Waals surface area contributed by atoms with E-state index in [2.05, 4.69) is 23.7 Å². The van der Waals surface area contributed by atoms with Gasteiger partial charge in [-0.3, -0.25) is 0 Å². The SMILES string of the molecule is CC(C)C(CN(C)C)n1c(N)nc2cc(I)c(F)cc21. The van der Waals surface area contributed by atoms with E-state index < -0.39 is 0 Å². The third-order valence-corrected chi connectivity index (χ3v) is 4.24. The topological polar surface area (TPSA) is 47.1 Å². The average Bonchev–Trinajstić information content (AvgIpc) is 2.62. The van der Waals surface area contributed by atoms with Crippen LogP contribution in [-0.2, 0) is 0 Å². The first-order valence-electron chi connectivity index (χ1n) is 6.58. The van der Waals surface area contributed by atoms with Crippen molar-refractivity contribution in [1.29, 1.82) is 0 Å². The van der Waals surface area contributed by atoms with Crippen molar-refractivity contribution in [2.24, 2.45) is 5.92 Å². The maximum absolute atomic E-state index is 13.9. The molecular formula is C14H20FIN4. The predicted octanol–water partition coefficient (Wildman–Crippen LogP) is 3.12. The maximum atomic E-state index is 13.9. The van der Waals surface area contributed by atoms with Crippen LogP contribution in [0.5, 0.6) is 0 Å². The van der Waals surface area contributed by atoms with Gasteiger partial charge in [-0.05, 0) is 48.7 Å². The van der Waals surface area contributed by atoms with Gasteiger partial charge in [0.2, 0.25) is 5.95 Å². The number of aromatic nitrogens is 2. The maximum Gasteiger partial charge on any atom is 0.201 e. The lowest BCUT2D eigenvalue weighted by molar-refractivity contribution is 0.275. The van der Waals surface area contributed by atoms with Crippen molar-refractivity contribution in [2.45, 2.75) is 19.9 Å². The van der Waals surface area contributed by atoms with Crippen molar-refractivity contribution in [3.8, 4) is 0 Å². The normalized spacial score (nSPS) is 13.6. The smallest absolute Gasteiger partial charge is 0.201 e. The van der Waals surface area contributed by atoms with Crippen LogP contribution in [0.1, 0.15) is 19.9 Å². The molecule has 0 aliphatic heterocycles. The Morgan fingerprint density at radius 3 is 2.60 bits per heavy atom. The lowest BCUT2D eigenvalue weighted by atomic mass is 10.0. The number of imidazole rings is 1. The van der Waals surface area contributed by atoms with Crippen molar-refractivity contribution < 1.29 is 4.39 Å². The molecule has 0 spiro atoms. The molecule has 0 bridgehead atoms. The molecule has 1 unspecified atom stereocenters. The van der Waals surface area contributed by atoms with Gasteiger partial charge in [0.25, 0.3) is 0 Å². The highest BCUT2D eigenvalue weighted by Crippen LogP contribution is 2.29. The summed E-state index contributed by atoms with van der Waals surface area (Å²) in [5, 5.41) is 0. The van der Waals surface area contributed by atoms with Crippen LogP contribution in [0.15, 0.2) is 12.1 Å². The number of nitrogen functional groups attached to an aromatic ring is 1. The molecule has 1 atom stereocenters. The predicted molar refractivity (Wildman–Crippen MR) is 89.2 cm³/mol. The summed E-state index contributed by atoms with van der Waals surface area (Å²) >= 11 is 1.97. The van der Waals surface area contributed by atoms with Gasteiger partial charge in [-0.15, -0.1) is 0 Å². The first kappa shape index (κ1) is 15.5. The van der Waals surface area contributed by atoms with Crippen LogP contribution in [-0.4, -0.2) is 35.1 Å². The molecule has 2 aromatic rings. The summed E-state index contributed by atoms with van der Waals surface area (Å²) in [4.78, 5) is 6.49. The largest absolute Gasteiger partial charge is 0.369 e. The number of nitrogens with zero attached hydrogens (tertiary/aromatic N) is 3. The first-order valence-corrected chi connectivity index (χ1v) is 7.66. The van der Waals surface area contributed by atoms with Crippen LogP contribution in [0.3, 0.4) is 0 Å². The summed E-state index contributed by atoms with van der Waals surface area (Å²) in [5.74, 6) is 0.591. The average molecular weight is 390 g/mol. The van der Waals surface area contributed by atoms with Crippen LogP contribution in [0.4, 0.5) is 10.3 Å². The van der Waals surface area contributed by atoms with Crippen LogP contribution in [0.25, 0.3) is 11.0 Å². The lowest BCUT2D eigenvalue weighted by Crippen LogP contribution is -2.29. The summed E-state index contributed by atoms with van der Waals surface area (Å²) in [6.07, 6.45) is 0. The molecule has 4 nitrogen and oxygen atoms in total. The van der Waals surface area contributed by atoms with Gasteiger partial charge in [-0.1, -0.05) is 13.8 Å². The van der Waals surface area contributed by atoms with Gasteiger partial charge in [-0.2, -0.15) is 0 Å². The second kappa shape index (κ2) is 5.85. The minimum absolute atomic E-state index is 0.162. The van der Waals surface area contributed by atoms with Crippen molar-refractivity contribution in [3.63, 3.8) is 0 Å². The molecule has 0 saturated heterocycles. The molecule has 110 valence electrons. The Balaban J connectivity index is 2.62. The van der Waals surface area contributed by atoms with Crippen molar-refractivity contribution in [1.82, 2.24) is 14.5 Å². The zero-order chi connectivity index (χ0) is 15.0. The number of hydrogen-bond donors (Lipinski definition) is 1. The second-order valence-corrected chi connectivity index (χ2v) is 6.83. The number of nitrogens with two attached hydrogens (primary N) is 1. The Kier molecular flexibility index (Phi) is 4.53. The van der Waals surface area contributed by atoms with Gasteiger partial charge in [0.05, 0.1) is 20.6 Å². The summed E-state index contributed by atoms with van der Waals surface area (Å²) < 4.78 is 16.4. The van der Waals surface area contributed by atoms with Gasteiger partial charge in [0, 0.05) is 12.6 Å². The van der Waals surface area contributed by atoms with E-state index in [1.807, 2.05) is 41.3 Å². The molecule has 0 amide bonds. The fraction of sp³-hybridized carbons (Fsp3) is 0.500. The lowest BCUT2D eigenvalue weighted by Gasteiger charge is -2.27.